The van der Waals surface area contributed by atoms with Gasteiger partial charge in [-0.05, 0) is 11.1 Å². The van der Waals surface area contributed by atoms with E-state index in [0.717, 1.165) is 5.56 Å². The average Bonchev–Trinajstić information content (AvgIpc) is 2.07. The lowest BCUT2D eigenvalue weighted by Gasteiger charge is -1.99. The third-order valence-electron chi connectivity index (χ3n) is 1.52. The van der Waals surface area contributed by atoms with E-state index in [2.05, 4.69) is 12.0 Å². The molecule has 0 saturated heterocycles. The van der Waals surface area contributed by atoms with Crippen molar-refractivity contribution in [1.82, 2.24) is 5.43 Å². The summed E-state index contributed by atoms with van der Waals surface area (Å²) in [6.45, 7) is 4.37. The van der Waals surface area contributed by atoms with Crippen LogP contribution in [-0.2, 0) is 6.54 Å². The quantitative estimate of drug-likeness (QED) is 0.500. The second-order valence-corrected chi connectivity index (χ2v) is 2.33. The SMILES string of the molecule is C=Cc1ccc(CNN)cc1. The zero-order chi connectivity index (χ0) is 8.10. The zero-order valence-corrected chi connectivity index (χ0v) is 6.38. The summed E-state index contributed by atoms with van der Waals surface area (Å²) < 4.78 is 0. The molecule has 1 rings (SSSR count). The molecule has 3 N–H and O–H groups in total. The first-order chi connectivity index (χ1) is 5.36. The largest absolute Gasteiger partial charge is 0.271 e. The predicted molar refractivity (Wildman–Crippen MR) is 47.6 cm³/mol. The maximum atomic E-state index is 5.16. The summed E-state index contributed by atoms with van der Waals surface area (Å²) in [5, 5.41) is 0. The number of hydrogen-bond acceptors (Lipinski definition) is 2. The van der Waals surface area contributed by atoms with Crippen molar-refractivity contribution < 1.29 is 0 Å². The molecule has 2 nitrogen and oxygen atoms in total. The lowest BCUT2D eigenvalue weighted by atomic mass is 10.1. The molecular weight excluding hydrogens is 136 g/mol. The van der Waals surface area contributed by atoms with Crippen molar-refractivity contribution in [3.05, 3.63) is 42.0 Å². The first-order valence-corrected chi connectivity index (χ1v) is 3.51. The van der Waals surface area contributed by atoms with Crippen molar-refractivity contribution in [1.29, 1.82) is 0 Å². The summed E-state index contributed by atoms with van der Waals surface area (Å²) in [5.74, 6) is 5.16. The highest BCUT2D eigenvalue weighted by Crippen LogP contribution is 2.04. The molecular formula is C9H12N2. The molecule has 0 bridgehead atoms. The van der Waals surface area contributed by atoms with Gasteiger partial charge in [-0.15, -0.1) is 0 Å². The molecule has 11 heavy (non-hydrogen) atoms. The van der Waals surface area contributed by atoms with Gasteiger partial charge >= 0.3 is 0 Å². The summed E-state index contributed by atoms with van der Waals surface area (Å²) in [5.41, 5.74) is 4.90. The van der Waals surface area contributed by atoms with Crippen LogP contribution in [0, 0.1) is 0 Å². The Balaban J connectivity index is 2.74. The van der Waals surface area contributed by atoms with Crippen LogP contribution in [0.25, 0.3) is 6.08 Å². The second-order valence-electron chi connectivity index (χ2n) is 2.33. The summed E-state index contributed by atoms with van der Waals surface area (Å²) in [7, 11) is 0. The molecule has 0 unspecified atom stereocenters. The van der Waals surface area contributed by atoms with Crippen LogP contribution >= 0.6 is 0 Å². The van der Waals surface area contributed by atoms with Crippen LogP contribution in [0.4, 0.5) is 0 Å². The Kier molecular flexibility index (Phi) is 2.83. The highest BCUT2D eigenvalue weighted by Gasteiger charge is 1.88. The molecule has 0 aliphatic carbocycles. The molecule has 0 amide bonds. The van der Waals surface area contributed by atoms with Gasteiger partial charge in [-0.2, -0.15) is 0 Å². The van der Waals surface area contributed by atoms with E-state index in [1.165, 1.54) is 5.56 Å². The van der Waals surface area contributed by atoms with E-state index in [0.29, 0.717) is 6.54 Å². The summed E-state index contributed by atoms with van der Waals surface area (Å²) in [6.07, 6.45) is 1.82. The molecule has 0 aliphatic heterocycles. The molecule has 0 radical (unpaired) electrons. The molecule has 1 aromatic carbocycles. The van der Waals surface area contributed by atoms with Crippen LogP contribution in [0.1, 0.15) is 11.1 Å². The van der Waals surface area contributed by atoms with Crippen molar-refractivity contribution in [2.45, 2.75) is 6.54 Å². The Morgan fingerprint density at radius 2 is 2.00 bits per heavy atom. The normalized spacial score (nSPS) is 9.55. The van der Waals surface area contributed by atoms with Gasteiger partial charge in [0.2, 0.25) is 0 Å². The van der Waals surface area contributed by atoms with Crippen LogP contribution in [0.15, 0.2) is 30.8 Å². The van der Waals surface area contributed by atoms with E-state index in [9.17, 15) is 0 Å². The first-order valence-electron chi connectivity index (χ1n) is 3.51. The molecule has 0 heterocycles. The van der Waals surface area contributed by atoms with Gasteiger partial charge in [0.25, 0.3) is 0 Å². The Hall–Kier alpha value is -1.12. The summed E-state index contributed by atoms with van der Waals surface area (Å²) >= 11 is 0. The van der Waals surface area contributed by atoms with Gasteiger partial charge in [-0.1, -0.05) is 36.9 Å². The van der Waals surface area contributed by atoms with Gasteiger partial charge in [0, 0.05) is 6.54 Å². The van der Waals surface area contributed by atoms with E-state index in [1.807, 2.05) is 30.3 Å². The van der Waals surface area contributed by atoms with E-state index >= 15 is 0 Å². The third-order valence-corrected chi connectivity index (χ3v) is 1.52. The van der Waals surface area contributed by atoms with E-state index in [1.54, 1.807) is 0 Å². The van der Waals surface area contributed by atoms with Crippen LogP contribution in [-0.4, -0.2) is 0 Å². The summed E-state index contributed by atoms with van der Waals surface area (Å²) in [6, 6.07) is 8.08. The van der Waals surface area contributed by atoms with Crippen molar-refractivity contribution in [3.63, 3.8) is 0 Å². The lowest BCUT2D eigenvalue weighted by molar-refractivity contribution is 0.741. The third kappa shape index (κ3) is 2.18. The maximum absolute atomic E-state index is 5.16. The minimum atomic E-state index is 0.706. The highest BCUT2D eigenvalue weighted by atomic mass is 15.2. The fraction of sp³-hybridized carbons (Fsp3) is 0.111. The summed E-state index contributed by atoms with van der Waals surface area (Å²) in [4.78, 5) is 0. The van der Waals surface area contributed by atoms with Crippen LogP contribution in [0.2, 0.25) is 0 Å². The van der Waals surface area contributed by atoms with Gasteiger partial charge in [-0.25, -0.2) is 0 Å². The topological polar surface area (TPSA) is 38.0 Å². The van der Waals surface area contributed by atoms with Crippen molar-refractivity contribution in [3.8, 4) is 0 Å². The maximum Gasteiger partial charge on any atom is 0.0348 e. The van der Waals surface area contributed by atoms with Gasteiger partial charge in [0.1, 0.15) is 0 Å². The average molecular weight is 148 g/mol. The zero-order valence-electron chi connectivity index (χ0n) is 6.38. The number of nitrogens with two attached hydrogens (primary N) is 1. The molecule has 0 aliphatic rings. The standard InChI is InChI=1S/C9H12N2/c1-2-8-3-5-9(6-4-8)7-11-10/h2-6,11H,1,7,10H2. The molecule has 0 fully saturated rings. The lowest BCUT2D eigenvalue weighted by Crippen LogP contribution is -2.20. The van der Waals surface area contributed by atoms with Crippen molar-refractivity contribution in [2.75, 3.05) is 0 Å². The number of nitrogens with one attached hydrogen (secondary N) is 1. The minimum absolute atomic E-state index is 0.706. The van der Waals surface area contributed by atoms with Crippen molar-refractivity contribution in [2.24, 2.45) is 5.84 Å². The smallest absolute Gasteiger partial charge is 0.0348 e. The predicted octanol–water partition coefficient (Wildman–Crippen LogP) is 1.29. The first kappa shape index (κ1) is 7.98. The van der Waals surface area contributed by atoms with Gasteiger partial charge in [-0.3, -0.25) is 11.3 Å². The molecule has 58 valence electrons. The van der Waals surface area contributed by atoms with E-state index in [4.69, 9.17) is 5.84 Å². The van der Waals surface area contributed by atoms with E-state index < -0.39 is 0 Å². The molecule has 1 aromatic rings. The number of rotatable bonds is 3. The molecule has 0 saturated carbocycles. The minimum Gasteiger partial charge on any atom is -0.271 e. The Labute approximate surface area is 66.7 Å². The number of benzene rings is 1. The van der Waals surface area contributed by atoms with Gasteiger partial charge in [0.05, 0.1) is 0 Å². The van der Waals surface area contributed by atoms with Gasteiger partial charge < -0.3 is 0 Å². The molecule has 0 atom stereocenters. The fourth-order valence-corrected chi connectivity index (χ4v) is 0.889. The monoisotopic (exact) mass is 148 g/mol. The molecule has 0 aromatic heterocycles. The number of hydrogen-bond donors (Lipinski definition) is 2. The second kappa shape index (κ2) is 3.91. The van der Waals surface area contributed by atoms with Gasteiger partial charge in [0.15, 0.2) is 0 Å². The van der Waals surface area contributed by atoms with Crippen LogP contribution < -0.4 is 11.3 Å². The van der Waals surface area contributed by atoms with Crippen LogP contribution in [0.5, 0.6) is 0 Å². The number of hydrazine groups is 1. The Morgan fingerprint density at radius 3 is 2.45 bits per heavy atom. The van der Waals surface area contributed by atoms with Crippen LogP contribution in [0.3, 0.4) is 0 Å². The fourth-order valence-electron chi connectivity index (χ4n) is 0.889. The Bertz CT molecular complexity index is 226. The highest BCUT2D eigenvalue weighted by molar-refractivity contribution is 5.47. The molecule has 0 spiro atoms. The van der Waals surface area contributed by atoms with Crippen molar-refractivity contribution >= 4 is 6.08 Å². The Morgan fingerprint density at radius 1 is 1.36 bits per heavy atom. The molecule has 2 heteroatoms. The van der Waals surface area contributed by atoms with E-state index in [-0.39, 0.29) is 0 Å².